The number of halogens is 3. The van der Waals surface area contributed by atoms with Crippen molar-refractivity contribution in [3.8, 4) is 11.3 Å². The fourth-order valence-electron chi connectivity index (χ4n) is 2.07. The molecule has 0 bridgehead atoms. The van der Waals surface area contributed by atoms with Crippen LogP contribution in [-0.2, 0) is 4.79 Å². The second kappa shape index (κ2) is 7.55. The Balaban J connectivity index is 1.71. The summed E-state index contributed by atoms with van der Waals surface area (Å²) in [6.07, 6.45) is 2.92. The Bertz CT molecular complexity index is 956. The Hall–Kier alpha value is -2.57. The van der Waals surface area contributed by atoms with E-state index < -0.39 is 11.6 Å². The SMILES string of the molecule is O=C(/C=C/c1ccccc1Cl)Nc1nc(-c2ccc(F)cc2F)cs1. The number of carbonyl (C=O) groups excluding carboxylic acids is 1. The van der Waals surface area contributed by atoms with Crippen LogP contribution in [0.1, 0.15) is 5.56 Å². The van der Waals surface area contributed by atoms with Crippen molar-refractivity contribution in [3.05, 3.63) is 76.1 Å². The van der Waals surface area contributed by atoms with Crippen LogP contribution in [0, 0.1) is 11.6 Å². The standard InChI is InChI=1S/C18H11ClF2N2OS/c19-14-4-2-1-3-11(14)5-8-17(24)23-18-22-16(10-25-18)13-7-6-12(20)9-15(13)21/h1-10H,(H,22,23,24)/b8-5+. The highest BCUT2D eigenvalue weighted by atomic mass is 35.5. The Morgan fingerprint density at radius 2 is 2.00 bits per heavy atom. The predicted octanol–water partition coefficient (Wildman–Crippen LogP) is 5.39. The van der Waals surface area contributed by atoms with Gasteiger partial charge >= 0.3 is 0 Å². The van der Waals surface area contributed by atoms with Gasteiger partial charge in [-0.05, 0) is 29.8 Å². The quantitative estimate of drug-likeness (QED) is 0.620. The zero-order valence-corrected chi connectivity index (χ0v) is 14.2. The summed E-state index contributed by atoms with van der Waals surface area (Å²) in [6, 6.07) is 10.4. The predicted molar refractivity (Wildman–Crippen MR) is 96.6 cm³/mol. The van der Waals surface area contributed by atoms with Crippen LogP contribution < -0.4 is 5.32 Å². The molecule has 0 spiro atoms. The zero-order chi connectivity index (χ0) is 17.8. The van der Waals surface area contributed by atoms with E-state index in [0.717, 1.165) is 23.5 Å². The maximum absolute atomic E-state index is 13.8. The lowest BCUT2D eigenvalue weighted by molar-refractivity contribution is -0.111. The fraction of sp³-hybridized carbons (Fsp3) is 0. The molecule has 0 aliphatic carbocycles. The summed E-state index contributed by atoms with van der Waals surface area (Å²) in [7, 11) is 0. The third kappa shape index (κ3) is 4.29. The van der Waals surface area contributed by atoms with Crippen molar-refractivity contribution >= 4 is 40.1 Å². The molecular weight excluding hydrogens is 366 g/mol. The number of carbonyl (C=O) groups is 1. The number of hydrogen-bond acceptors (Lipinski definition) is 3. The molecule has 1 aromatic heterocycles. The van der Waals surface area contributed by atoms with E-state index in [9.17, 15) is 13.6 Å². The van der Waals surface area contributed by atoms with Gasteiger partial charge < -0.3 is 0 Å². The van der Waals surface area contributed by atoms with Crippen molar-refractivity contribution in [1.82, 2.24) is 4.98 Å². The lowest BCUT2D eigenvalue weighted by atomic mass is 10.1. The molecule has 0 fully saturated rings. The van der Waals surface area contributed by atoms with E-state index in [1.54, 1.807) is 29.7 Å². The molecule has 0 unspecified atom stereocenters. The van der Waals surface area contributed by atoms with Gasteiger partial charge in [-0.25, -0.2) is 13.8 Å². The minimum Gasteiger partial charge on any atom is -0.298 e. The number of nitrogens with zero attached hydrogens (tertiary/aromatic N) is 1. The van der Waals surface area contributed by atoms with E-state index in [0.29, 0.717) is 21.4 Å². The molecule has 0 saturated heterocycles. The first-order chi connectivity index (χ1) is 12.0. The highest BCUT2D eigenvalue weighted by molar-refractivity contribution is 7.14. The summed E-state index contributed by atoms with van der Waals surface area (Å²) in [6.45, 7) is 0. The fourth-order valence-corrected chi connectivity index (χ4v) is 2.99. The number of hydrogen-bond donors (Lipinski definition) is 1. The van der Waals surface area contributed by atoms with Crippen molar-refractivity contribution in [2.24, 2.45) is 0 Å². The lowest BCUT2D eigenvalue weighted by Gasteiger charge is -2.00. The van der Waals surface area contributed by atoms with Crippen LogP contribution in [-0.4, -0.2) is 10.9 Å². The Morgan fingerprint density at radius 3 is 2.76 bits per heavy atom. The average molecular weight is 377 g/mol. The van der Waals surface area contributed by atoms with E-state index in [-0.39, 0.29) is 11.5 Å². The third-order valence-electron chi connectivity index (χ3n) is 3.26. The van der Waals surface area contributed by atoms with Crippen molar-refractivity contribution in [3.63, 3.8) is 0 Å². The first-order valence-electron chi connectivity index (χ1n) is 7.17. The smallest absolute Gasteiger partial charge is 0.250 e. The number of benzene rings is 2. The molecule has 3 nitrogen and oxygen atoms in total. The summed E-state index contributed by atoms with van der Waals surface area (Å²) in [5.74, 6) is -1.75. The second-order valence-electron chi connectivity index (χ2n) is 5.01. The zero-order valence-electron chi connectivity index (χ0n) is 12.7. The normalized spacial score (nSPS) is 11.0. The maximum Gasteiger partial charge on any atom is 0.250 e. The Labute approximate surface area is 151 Å². The molecule has 25 heavy (non-hydrogen) atoms. The van der Waals surface area contributed by atoms with Crippen LogP contribution in [0.5, 0.6) is 0 Å². The maximum atomic E-state index is 13.8. The van der Waals surface area contributed by atoms with Crippen molar-refractivity contribution in [2.45, 2.75) is 0 Å². The number of rotatable bonds is 4. The number of amides is 1. The van der Waals surface area contributed by atoms with Gasteiger partial charge in [0.15, 0.2) is 5.13 Å². The van der Waals surface area contributed by atoms with Crippen molar-refractivity contribution < 1.29 is 13.6 Å². The van der Waals surface area contributed by atoms with Gasteiger partial charge in [0.1, 0.15) is 11.6 Å². The van der Waals surface area contributed by atoms with E-state index in [1.165, 1.54) is 12.1 Å². The third-order valence-corrected chi connectivity index (χ3v) is 4.36. The van der Waals surface area contributed by atoms with Crippen LogP contribution in [0.4, 0.5) is 13.9 Å². The second-order valence-corrected chi connectivity index (χ2v) is 6.27. The molecule has 1 heterocycles. The minimum absolute atomic E-state index is 0.171. The van der Waals surface area contributed by atoms with Crippen LogP contribution in [0.25, 0.3) is 17.3 Å². The van der Waals surface area contributed by atoms with Gasteiger partial charge in [0.05, 0.1) is 5.69 Å². The molecule has 126 valence electrons. The molecule has 2 aromatic carbocycles. The molecule has 1 amide bonds. The molecule has 0 aliphatic rings. The average Bonchev–Trinajstić information content (AvgIpc) is 3.02. The number of nitrogens with one attached hydrogen (secondary N) is 1. The first kappa shape index (κ1) is 17.3. The monoisotopic (exact) mass is 376 g/mol. The van der Waals surface area contributed by atoms with E-state index in [2.05, 4.69) is 10.3 Å². The van der Waals surface area contributed by atoms with Gasteiger partial charge in [-0.15, -0.1) is 11.3 Å². The number of aromatic nitrogens is 1. The highest BCUT2D eigenvalue weighted by Crippen LogP contribution is 2.27. The minimum atomic E-state index is -0.707. The van der Waals surface area contributed by atoms with E-state index in [1.807, 2.05) is 6.07 Å². The molecular formula is C18H11ClF2N2OS. The molecule has 1 N–H and O–H groups in total. The summed E-state index contributed by atoms with van der Waals surface area (Å²) >= 11 is 7.16. The molecule has 3 rings (SSSR count). The lowest BCUT2D eigenvalue weighted by Crippen LogP contribution is -2.07. The number of anilines is 1. The molecule has 0 radical (unpaired) electrons. The molecule has 0 aliphatic heterocycles. The van der Waals surface area contributed by atoms with Crippen LogP contribution in [0.3, 0.4) is 0 Å². The van der Waals surface area contributed by atoms with Crippen LogP contribution in [0.2, 0.25) is 5.02 Å². The summed E-state index contributed by atoms with van der Waals surface area (Å²) < 4.78 is 26.7. The van der Waals surface area contributed by atoms with Crippen molar-refractivity contribution in [2.75, 3.05) is 5.32 Å². The molecule has 0 atom stereocenters. The Kier molecular flexibility index (Phi) is 5.21. The van der Waals surface area contributed by atoms with E-state index >= 15 is 0 Å². The molecule has 7 heteroatoms. The highest BCUT2D eigenvalue weighted by Gasteiger charge is 2.11. The Morgan fingerprint density at radius 1 is 1.20 bits per heavy atom. The number of thiazole rings is 1. The van der Waals surface area contributed by atoms with Crippen molar-refractivity contribution in [1.29, 1.82) is 0 Å². The largest absolute Gasteiger partial charge is 0.298 e. The summed E-state index contributed by atoms with van der Waals surface area (Å²) in [5, 5.41) is 5.03. The van der Waals surface area contributed by atoms with Gasteiger partial charge in [-0.2, -0.15) is 0 Å². The van der Waals surface area contributed by atoms with Crippen LogP contribution in [0.15, 0.2) is 53.9 Å². The van der Waals surface area contributed by atoms with Gasteiger partial charge in [0, 0.05) is 28.1 Å². The van der Waals surface area contributed by atoms with Gasteiger partial charge in [-0.3, -0.25) is 10.1 Å². The van der Waals surface area contributed by atoms with E-state index in [4.69, 9.17) is 11.6 Å². The summed E-state index contributed by atoms with van der Waals surface area (Å²) in [4.78, 5) is 16.1. The molecule has 3 aromatic rings. The van der Waals surface area contributed by atoms with Gasteiger partial charge in [-0.1, -0.05) is 29.8 Å². The van der Waals surface area contributed by atoms with Gasteiger partial charge in [0.25, 0.3) is 0 Å². The first-order valence-corrected chi connectivity index (χ1v) is 8.43. The topological polar surface area (TPSA) is 42.0 Å². The van der Waals surface area contributed by atoms with Gasteiger partial charge in [0.2, 0.25) is 5.91 Å². The molecule has 0 saturated carbocycles. The van der Waals surface area contributed by atoms with Crippen LogP contribution >= 0.6 is 22.9 Å². The summed E-state index contributed by atoms with van der Waals surface area (Å²) in [5.41, 5.74) is 1.21.